The van der Waals surface area contributed by atoms with E-state index in [2.05, 4.69) is 12.0 Å². The van der Waals surface area contributed by atoms with Crippen molar-refractivity contribution in [3.05, 3.63) is 52.4 Å². The molecule has 0 saturated carbocycles. The Kier molecular flexibility index (Phi) is 11.3. The van der Waals surface area contributed by atoms with Crippen LogP contribution >= 0.6 is 0 Å². The number of unbranched alkanes of at least 4 members (excludes halogenated alkanes) is 9. The average Bonchev–Trinajstić information content (AvgIpc) is 2.98. The Bertz CT molecular complexity index is 618. The molecule has 1 heterocycles. The molecule has 0 aliphatic heterocycles. The number of aryl methyl sites for hydroxylation is 1. The van der Waals surface area contributed by atoms with Gasteiger partial charge in [0.15, 0.2) is 0 Å². The molecule has 0 unspecified atom stereocenters. The van der Waals surface area contributed by atoms with Gasteiger partial charge in [0.2, 0.25) is 0 Å². The van der Waals surface area contributed by atoms with Gasteiger partial charge >= 0.3 is 0 Å². The summed E-state index contributed by atoms with van der Waals surface area (Å²) in [6.45, 7) is 2.26. The Labute approximate surface area is 162 Å². The van der Waals surface area contributed by atoms with Gasteiger partial charge in [-0.2, -0.15) is 0 Å². The third-order valence-electron chi connectivity index (χ3n) is 4.66. The Morgan fingerprint density at radius 3 is 2.00 bits per heavy atom. The number of benzene rings is 1. The Balaban J connectivity index is 0.00000312. The Morgan fingerprint density at radius 1 is 0.840 bits per heavy atom. The van der Waals surface area contributed by atoms with Crippen LogP contribution in [-0.2, 0) is 22.9 Å². The van der Waals surface area contributed by atoms with E-state index in [1.165, 1.54) is 57.8 Å². The molecule has 0 aliphatic rings. The van der Waals surface area contributed by atoms with Gasteiger partial charge in [-0.3, -0.25) is 9.89 Å². The van der Waals surface area contributed by atoms with Gasteiger partial charge in [0.1, 0.15) is 0 Å². The molecule has 0 amide bonds. The minimum atomic E-state index is 0. The monoisotopic (exact) mass is 386 g/mol. The van der Waals surface area contributed by atoms with E-state index in [4.69, 9.17) is 0 Å². The number of aromatic amines is 1. The van der Waals surface area contributed by atoms with E-state index in [0.29, 0.717) is 0 Å². The number of nitrogens with zero attached hydrogens (tertiary/aromatic N) is 1. The van der Waals surface area contributed by atoms with Gasteiger partial charge in [-0.05, 0) is 25.0 Å². The second kappa shape index (κ2) is 13.0. The van der Waals surface area contributed by atoms with Crippen LogP contribution in [0.5, 0.6) is 0 Å². The number of hydrogen-bond donors (Lipinski definition) is 1. The number of nitrogens with one attached hydrogen (secondary N) is 1. The van der Waals surface area contributed by atoms with E-state index in [0.717, 1.165) is 24.1 Å². The van der Waals surface area contributed by atoms with Gasteiger partial charge in [-0.1, -0.05) is 82.9 Å². The number of H-pyrrole nitrogens is 1. The molecule has 3 nitrogen and oxygen atoms in total. The zero-order chi connectivity index (χ0) is 17.0. The Hall–Kier alpha value is -1.28. The molecule has 0 spiro atoms. The maximum atomic E-state index is 12.4. The summed E-state index contributed by atoms with van der Waals surface area (Å²) in [5.41, 5.74) is 1.90. The molecule has 1 N–H and O–H groups in total. The zero-order valence-electron chi connectivity index (χ0n) is 15.4. The van der Waals surface area contributed by atoms with Crippen LogP contribution in [0, 0.1) is 0 Å². The minimum absolute atomic E-state index is 0. The topological polar surface area (TPSA) is 37.8 Å². The molecule has 0 radical (unpaired) electrons. The summed E-state index contributed by atoms with van der Waals surface area (Å²) < 4.78 is 1.63. The van der Waals surface area contributed by atoms with Crippen LogP contribution < -0.4 is 5.56 Å². The summed E-state index contributed by atoms with van der Waals surface area (Å²) in [5.74, 6) is 0. The summed E-state index contributed by atoms with van der Waals surface area (Å²) in [4.78, 5) is 12.4. The quantitative estimate of drug-likeness (QED) is 0.372. The summed E-state index contributed by atoms with van der Waals surface area (Å²) in [5, 5.41) is 3.08. The van der Waals surface area contributed by atoms with Crippen molar-refractivity contribution in [3.8, 4) is 5.69 Å². The van der Waals surface area contributed by atoms with Gasteiger partial charge < -0.3 is 0 Å². The second-order valence-electron chi connectivity index (χ2n) is 6.71. The van der Waals surface area contributed by atoms with Crippen LogP contribution in [0.25, 0.3) is 5.69 Å². The predicted octanol–water partition coefficient (Wildman–Crippen LogP) is 5.63. The first-order chi connectivity index (χ1) is 11.8. The summed E-state index contributed by atoms with van der Waals surface area (Å²) in [7, 11) is 0. The van der Waals surface area contributed by atoms with Crippen molar-refractivity contribution in [3.63, 3.8) is 0 Å². The smallest absolute Gasteiger partial charge is 0.274 e. The second-order valence-corrected chi connectivity index (χ2v) is 6.71. The standard InChI is InChI=1S/C21H32N2O.Ni/c1-2-3-4-5-6-7-8-9-10-12-15-19-18-22-23(21(19)24)20-16-13-11-14-17-20;/h11,13-14,16-18,22H,2-10,12,15H2,1H3;. The molecular weight excluding hydrogens is 355 g/mol. The van der Waals surface area contributed by atoms with Crippen molar-refractivity contribution < 1.29 is 16.5 Å². The molecular formula is C21H32N2NiO. The maximum absolute atomic E-state index is 12.4. The van der Waals surface area contributed by atoms with Crippen molar-refractivity contribution in [1.82, 2.24) is 9.78 Å². The fourth-order valence-corrected chi connectivity index (χ4v) is 3.16. The summed E-state index contributed by atoms with van der Waals surface area (Å²) in [6, 6.07) is 9.75. The SMILES string of the molecule is CCCCCCCCCCCCc1c[nH]n(-c2ccccc2)c1=O.[Ni]. The molecule has 0 fully saturated rings. The fourth-order valence-electron chi connectivity index (χ4n) is 3.16. The van der Waals surface area contributed by atoms with Crippen molar-refractivity contribution in [2.75, 3.05) is 0 Å². The summed E-state index contributed by atoms with van der Waals surface area (Å²) in [6.07, 6.45) is 16.0. The van der Waals surface area contributed by atoms with E-state index in [1.54, 1.807) is 4.68 Å². The third kappa shape index (κ3) is 7.65. The van der Waals surface area contributed by atoms with Gasteiger partial charge in [0, 0.05) is 28.3 Å². The normalized spacial score (nSPS) is 10.6. The first kappa shape index (κ1) is 21.8. The summed E-state index contributed by atoms with van der Waals surface area (Å²) >= 11 is 0. The molecule has 0 saturated heterocycles. The molecule has 0 aliphatic carbocycles. The van der Waals surface area contributed by atoms with E-state index in [9.17, 15) is 4.79 Å². The number of hydrogen-bond acceptors (Lipinski definition) is 1. The molecule has 4 heteroatoms. The van der Waals surface area contributed by atoms with Crippen molar-refractivity contribution in [1.29, 1.82) is 0 Å². The molecule has 0 atom stereocenters. The molecule has 25 heavy (non-hydrogen) atoms. The first-order valence-corrected chi connectivity index (χ1v) is 9.67. The largest absolute Gasteiger partial charge is 0.298 e. The maximum Gasteiger partial charge on any atom is 0.274 e. The van der Waals surface area contributed by atoms with Crippen LogP contribution in [0.15, 0.2) is 41.3 Å². The van der Waals surface area contributed by atoms with Gasteiger partial charge in [-0.25, -0.2) is 4.68 Å². The van der Waals surface area contributed by atoms with Gasteiger partial charge in [0.05, 0.1) is 5.69 Å². The zero-order valence-corrected chi connectivity index (χ0v) is 16.4. The number of rotatable bonds is 12. The predicted molar refractivity (Wildman–Crippen MR) is 102 cm³/mol. The molecule has 2 rings (SSSR count). The first-order valence-electron chi connectivity index (χ1n) is 9.67. The van der Waals surface area contributed by atoms with Crippen molar-refractivity contribution in [2.24, 2.45) is 0 Å². The minimum Gasteiger partial charge on any atom is -0.298 e. The van der Waals surface area contributed by atoms with E-state index >= 15 is 0 Å². The Morgan fingerprint density at radius 2 is 1.40 bits per heavy atom. The van der Waals surface area contributed by atoms with Crippen molar-refractivity contribution >= 4 is 0 Å². The number of aromatic nitrogens is 2. The van der Waals surface area contributed by atoms with Crippen LogP contribution in [0.2, 0.25) is 0 Å². The van der Waals surface area contributed by atoms with E-state index < -0.39 is 0 Å². The molecule has 2 aromatic rings. The van der Waals surface area contributed by atoms with Gasteiger partial charge in [-0.15, -0.1) is 0 Å². The van der Waals surface area contributed by atoms with Crippen LogP contribution in [0.4, 0.5) is 0 Å². The fraction of sp³-hybridized carbons (Fsp3) is 0.571. The van der Waals surface area contributed by atoms with Crippen LogP contribution in [-0.4, -0.2) is 9.78 Å². The molecule has 0 bridgehead atoms. The number of para-hydroxylation sites is 1. The molecule has 142 valence electrons. The van der Waals surface area contributed by atoms with E-state index in [1.807, 2.05) is 36.5 Å². The third-order valence-corrected chi connectivity index (χ3v) is 4.66. The molecule has 1 aromatic carbocycles. The van der Waals surface area contributed by atoms with Crippen LogP contribution in [0.1, 0.15) is 76.7 Å². The molecule has 1 aromatic heterocycles. The average molecular weight is 387 g/mol. The van der Waals surface area contributed by atoms with Crippen LogP contribution in [0.3, 0.4) is 0 Å². The van der Waals surface area contributed by atoms with Gasteiger partial charge in [0.25, 0.3) is 5.56 Å². The van der Waals surface area contributed by atoms with E-state index in [-0.39, 0.29) is 22.1 Å². The van der Waals surface area contributed by atoms with Crippen molar-refractivity contribution in [2.45, 2.75) is 77.6 Å².